The van der Waals surface area contributed by atoms with Crippen LogP contribution in [0, 0.1) is 0 Å². The number of carbonyl (C=O) groups excluding carboxylic acids is 5. The van der Waals surface area contributed by atoms with Crippen molar-refractivity contribution in [3.8, 4) is 0 Å². The van der Waals surface area contributed by atoms with Gasteiger partial charge in [0.1, 0.15) is 0 Å². The molecule has 0 bridgehead atoms. The Morgan fingerprint density at radius 2 is 1.65 bits per heavy atom. The lowest BCUT2D eigenvalue weighted by Crippen LogP contribution is -2.41. The lowest BCUT2D eigenvalue weighted by molar-refractivity contribution is -0.123. The van der Waals surface area contributed by atoms with E-state index in [1.54, 1.807) is 36.4 Å². The molecule has 0 atom stereocenters. The van der Waals surface area contributed by atoms with E-state index < -0.39 is 36.3 Å². The predicted molar refractivity (Wildman–Crippen MR) is 109 cm³/mol. The number of hydrogen-bond donors (Lipinski definition) is 2. The maximum atomic E-state index is 12.5. The first kappa shape index (κ1) is 21.7. The number of imide groups is 2. The Labute approximate surface area is 178 Å². The van der Waals surface area contributed by atoms with Gasteiger partial charge in [-0.2, -0.15) is 0 Å². The quantitative estimate of drug-likeness (QED) is 0.518. The highest BCUT2D eigenvalue weighted by atomic mass is 16.5. The Bertz CT molecular complexity index is 1010. The molecule has 1 heterocycles. The zero-order chi connectivity index (χ0) is 22.4. The van der Waals surface area contributed by atoms with Crippen molar-refractivity contribution in [2.45, 2.75) is 19.9 Å². The highest BCUT2D eigenvalue weighted by molar-refractivity contribution is 6.21. The van der Waals surface area contributed by atoms with Crippen LogP contribution in [0.4, 0.5) is 4.79 Å². The summed E-state index contributed by atoms with van der Waals surface area (Å²) in [6, 6.07) is 12.1. The fourth-order valence-electron chi connectivity index (χ4n) is 3.02. The average molecular weight is 423 g/mol. The molecule has 1 aliphatic heterocycles. The summed E-state index contributed by atoms with van der Waals surface area (Å²) in [5.41, 5.74) is 1.39. The van der Waals surface area contributed by atoms with Crippen LogP contribution in [-0.2, 0) is 16.1 Å². The van der Waals surface area contributed by atoms with Crippen LogP contribution in [0.2, 0.25) is 0 Å². The van der Waals surface area contributed by atoms with E-state index in [1.165, 1.54) is 12.1 Å². The van der Waals surface area contributed by atoms with Crippen LogP contribution in [-0.4, -0.2) is 47.8 Å². The normalized spacial score (nSPS) is 12.4. The highest BCUT2D eigenvalue weighted by Gasteiger charge is 2.35. The minimum atomic E-state index is -0.770. The van der Waals surface area contributed by atoms with Crippen molar-refractivity contribution in [1.29, 1.82) is 0 Å². The minimum absolute atomic E-state index is 0.00838. The van der Waals surface area contributed by atoms with Crippen LogP contribution in [0.1, 0.15) is 50.0 Å². The molecule has 160 valence electrons. The molecule has 0 spiro atoms. The summed E-state index contributed by atoms with van der Waals surface area (Å²) in [7, 11) is 0. The first-order valence-corrected chi connectivity index (χ1v) is 9.69. The Kier molecular flexibility index (Phi) is 6.76. The van der Waals surface area contributed by atoms with Gasteiger partial charge in [0.15, 0.2) is 6.61 Å². The van der Waals surface area contributed by atoms with Gasteiger partial charge < -0.3 is 10.1 Å². The third kappa shape index (κ3) is 5.13. The summed E-state index contributed by atoms with van der Waals surface area (Å²) in [6.07, 6.45) is 0.716. The van der Waals surface area contributed by atoms with E-state index in [4.69, 9.17) is 4.74 Å². The summed E-state index contributed by atoms with van der Waals surface area (Å²) < 4.78 is 4.93. The molecule has 0 saturated heterocycles. The molecule has 0 aromatic heterocycles. The summed E-state index contributed by atoms with van der Waals surface area (Å²) >= 11 is 0. The summed E-state index contributed by atoms with van der Waals surface area (Å²) in [6.45, 7) is 1.65. The van der Waals surface area contributed by atoms with Crippen LogP contribution in [0.3, 0.4) is 0 Å². The molecule has 5 amide bonds. The average Bonchev–Trinajstić information content (AvgIpc) is 3.01. The van der Waals surface area contributed by atoms with Crippen molar-refractivity contribution in [3.05, 3.63) is 70.8 Å². The second kappa shape index (κ2) is 9.66. The van der Waals surface area contributed by atoms with Gasteiger partial charge in [-0.15, -0.1) is 0 Å². The predicted octanol–water partition coefficient (Wildman–Crippen LogP) is 1.88. The molecule has 1 aliphatic rings. The Balaban J connectivity index is 1.59. The number of ether oxygens (including phenoxy) is 1. The van der Waals surface area contributed by atoms with Gasteiger partial charge in [0.25, 0.3) is 17.7 Å². The number of esters is 1. The lowest BCUT2D eigenvalue weighted by Gasteiger charge is -2.14. The Morgan fingerprint density at radius 3 is 2.29 bits per heavy atom. The molecule has 3 rings (SSSR count). The van der Waals surface area contributed by atoms with E-state index in [2.05, 4.69) is 10.6 Å². The second-order valence-electron chi connectivity index (χ2n) is 6.82. The van der Waals surface area contributed by atoms with Crippen molar-refractivity contribution in [2.75, 3.05) is 13.2 Å². The highest BCUT2D eigenvalue weighted by Crippen LogP contribution is 2.24. The molecule has 0 aliphatic carbocycles. The SMILES string of the molecule is CCCNC(=O)NC(=O)COC(=O)c1cccc(CN2C(=O)c3ccccc3C2=O)c1. The van der Waals surface area contributed by atoms with E-state index in [1.807, 2.05) is 6.92 Å². The van der Waals surface area contributed by atoms with Crippen LogP contribution < -0.4 is 10.6 Å². The first-order valence-electron chi connectivity index (χ1n) is 9.69. The van der Waals surface area contributed by atoms with Gasteiger partial charge in [-0.3, -0.25) is 24.6 Å². The molecule has 0 saturated carbocycles. The van der Waals surface area contributed by atoms with Gasteiger partial charge >= 0.3 is 12.0 Å². The molecule has 9 nitrogen and oxygen atoms in total. The summed E-state index contributed by atoms with van der Waals surface area (Å²) in [5.74, 6) is -2.32. The number of amides is 5. The van der Waals surface area contributed by atoms with Crippen molar-refractivity contribution in [3.63, 3.8) is 0 Å². The van der Waals surface area contributed by atoms with Gasteiger partial charge in [0.2, 0.25) is 0 Å². The van der Waals surface area contributed by atoms with Gasteiger partial charge in [-0.05, 0) is 36.2 Å². The molecule has 0 fully saturated rings. The number of hydrogen-bond acceptors (Lipinski definition) is 6. The third-order valence-corrected chi connectivity index (χ3v) is 4.50. The number of urea groups is 1. The topological polar surface area (TPSA) is 122 Å². The largest absolute Gasteiger partial charge is 0.452 e. The van der Waals surface area contributed by atoms with E-state index in [9.17, 15) is 24.0 Å². The van der Waals surface area contributed by atoms with Crippen molar-refractivity contribution in [2.24, 2.45) is 0 Å². The number of nitrogens with one attached hydrogen (secondary N) is 2. The van der Waals surface area contributed by atoms with Crippen LogP contribution in [0.15, 0.2) is 48.5 Å². The van der Waals surface area contributed by atoms with E-state index in [0.29, 0.717) is 29.7 Å². The second-order valence-corrected chi connectivity index (χ2v) is 6.82. The lowest BCUT2D eigenvalue weighted by atomic mass is 10.1. The van der Waals surface area contributed by atoms with Crippen molar-refractivity contribution >= 4 is 29.7 Å². The van der Waals surface area contributed by atoms with Crippen molar-refractivity contribution < 1.29 is 28.7 Å². The zero-order valence-electron chi connectivity index (χ0n) is 16.8. The van der Waals surface area contributed by atoms with Gasteiger partial charge in [-0.25, -0.2) is 9.59 Å². The molecule has 0 unspecified atom stereocenters. The van der Waals surface area contributed by atoms with Crippen molar-refractivity contribution in [1.82, 2.24) is 15.5 Å². The number of nitrogens with zero attached hydrogens (tertiary/aromatic N) is 1. The van der Waals surface area contributed by atoms with Gasteiger partial charge in [-0.1, -0.05) is 31.2 Å². The molecule has 2 N–H and O–H groups in total. The number of benzene rings is 2. The number of rotatable bonds is 7. The summed E-state index contributed by atoms with van der Waals surface area (Å²) in [5, 5.41) is 4.52. The molecule has 2 aromatic carbocycles. The number of carbonyl (C=O) groups is 5. The third-order valence-electron chi connectivity index (χ3n) is 4.50. The van der Waals surface area contributed by atoms with Crippen LogP contribution in [0.5, 0.6) is 0 Å². The molecule has 31 heavy (non-hydrogen) atoms. The fraction of sp³-hybridized carbons (Fsp3) is 0.227. The van der Waals surface area contributed by atoms with Crippen LogP contribution in [0.25, 0.3) is 0 Å². The Hall–Kier alpha value is -4.01. The maximum absolute atomic E-state index is 12.5. The maximum Gasteiger partial charge on any atom is 0.338 e. The molecule has 2 aromatic rings. The van der Waals surface area contributed by atoms with E-state index in [0.717, 1.165) is 4.90 Å². The standard InChI is InChI=1S/C22H21N3O6/c1-2-10-23-22(30)24-18(26)13-31-21(29)15-7-5-6-14(11-15)12-25-19(27)16-8-3-4-9-17(16)20(25)28/h3-9,11H,2,10,12-13H2,1H3,(H2,23,24,26,30). The molecule has 9 heteroatoms. The summed E-state index contributed by atoms with van der Waals surface area (Å²) in [4.78, 5) is 61.5. The smallest absolute Gasteiger partial charge is 0.338 e. The zero-order valence-corrected chi connectivity index (χ0v) is 16.8. The molecular weight excluding hydrogens is 402 g/mol. The van der Waals surface area contributed by atoms with Gasteiger partial charge in [0.05, 0.1) is 23.2 Å². The van der Waals surface area contributed by atoms with E-state index in [-0.39, 0.29) is 12.1 Å². The monoisotopic (exact) mass is 423 g/mol. The fourth-order valence-corrected chi connectivity index (χ4v) is 3.02. The number of fused-ring (bicyclic) bond motifs is 1. The minimum Gasteiger partial charge on any atom is -0.452 e. The molecule has 0 radical (unpaired) electrons. The van der Waals surface area contributed by atoms with Crippen LogP contribution >= 0.6 is 0 Å². The van der Waals surface area contributed by atoms with E-state index >= 15 is 0 Å². The van der Waals surface area contributed by atoms with Gasteiger partial charge in [0, 0.05) is 6.54 Å². The first-order chi connectivity index (χ1) is 14.9. The molecular formula is C22H21N3O6. The Morgan fingerprint density at radius 1 is 0.968 bits per heavy atom.